The van der Waals surface area contributed by atoms with E-state index in [0.29, 0.717) is 11.0 Å². The zero-order valence-electron chi connectivity index (χ0n) is 14.7. The predicted molar refractivity (Wildman–Crippen MR) is 104 cm³/mol. The molecule has 1 fully saturated rings. The lowest BCUT2D eigenvalue weighted by molar-refractivity contribution is 0.168. The van der Waals surface area contributed by atoms with Crippen molar-refractivity contribution in [3.8, 4) is 0 Å². The number of para-hydroxylation sites is 2. The Balaban J connectivity index is 1.70. The van der Waals surface area contributed by atoms with E-state index in [0.717, 1.165) is 60.6 Å². The number of thiazole rings is 1. The summed E-state index contributed by atoms with van der Waals surface area (Å²) in [6, 6.07) is 8.37. The van der Waals surface area contributed by atoms with Gasteiger partial charge in [-0.1, -0.05) is 23.5 Å². The van der Waals surface area contributed by atoms with Crippen LogP contribution in [0.2, 0.25) is 0 Å². The number of amidine groups is 1. The number of hydrogen-bond donors (Lipinski definition) is 3. The SMILES string of the molecule is COCCC1CN(C2=Nc3ccccc3Nc3sc(CO)nc32)CCN1. The lowest BCUT2D eigenvalue weighted by Gasteiger charge is -2.35. The Hall–Kier alpha value is -2.00. The second kappa shape index (κ2) is 7.71. The van der Waals surface area contributed by atoms with Crippen molar-refractivity contribution >= 4 is 33.5 Å². The molecule has 0 amide bonds. The molecule has 1 aromatic heterocycles. The van der Waals surface area contributed by atoms with Crippen LogP contribution >= 0.6 is 11.3 Å². The molecule has 0 saturated carbocycles. The molecular formula is C18H23N5O2S. The Bertz CT molecular complexity index is 807. The van der Waals surface area contributed by atoms with Gasteiger partial charge in [0.05, 0.1) is 18.0 Å². The standard InChI is InChI=1S/C18H23N5O2S/c1-25-9-6-12-10-23(8-7-19-12)17-16-18(26-15(11-24)22-16)21-14-5-3-2-4-13(14)20-17/h2-5,12,19,21,24H,6-11H2,1H3. The van der Waals surface area contributed by atoms with Crippen molar-refractivity contribution in [2.24, 2.45) is 4.99 Å². The second-order valence-electron chi connectivity index (χ2n) is 6.40. The van der Waals surface area contributed by atoms with E-state index < -0.39 is 0 Å². The molecule has 1 atom stereocenters. The van der Waals surface area contributed by atoms with E-state index in [1.165, 1.54) is 11.3 Å². The summed E-state index contributed by atoms with van der Waals surface area (Å²) >= 11 is 1.48. The predicted octanol–water partition coefficient (Wildman–Crippen LogP) is 2.08. The highest BCUT2D eigenvalue weighted by Gasteiger charge is 2.28. The van der Waals surface area contributed by atoms with Gasteiger partial charge in [0.15, 0.2) is 5.84 Å². The first-order chi connectivity index (χ1) is 12.8. The minimum Gasteiger partial charge on any atom is -0.389 e. The highest BCUT2D eigenvalue weighted by Crippen LogP contribution is 2.37. The monoisotopic (exact) mass is 373 g/mol. The quantitative estimate of drug-likeness (QED) is 0.761. The third-order valence-electron chi connectivity index (χ3n) is 4.62. The van der Waals surface area contributed by atoms with Crippen molar-refractivity contribution in [1.29, 1.82) is 0 Å². The summed E-state index contributed by atoms with van der Waals surface area (Å²) < 4.78 is 5.23. The summed E-state index contributed by atoms with van der Waals surface area (Å²) in [5.41, 5.74) is 2.69. The number of methoxy groups -OCH3 is 1. The van der Waals surface area contributed by atoms with Gasteiger partial charge in [0, 0.05) is 39.4 Å². The van der Waals surface area contributed by atoms with Crippen molar-refractivity contribution in [2.45, 2.75) is 19.1 Å². The maximum atomic E-state index is 9.53. The molecule has 0 radical (unpaired) electrons. The van der Waals surface area contributed by atoms with E-state index in [-0.39, 0.29) is 6.61 Å². The molecular weight excluding hydrogens is 350 g/mol. The summed E-state index contributed by atoms with van der Waals surface area (Å²) in [4.78, 5) is 11.9. The highest BCUT2D eigenvalue weighted by atomic mass is 32.1. The first kappa shape index (κ1) is 17.4. The molecule has 0 aliphatic carbocycles. The lowest BCUT2D eigenvalue weighted by atomic mass is 10.1. The van der Waals surface area contributed by atoms with Crippen molar-refractivity contribution in [3.05, 3.63) is 35.0 Å². The van der Waals surface area contributed by atoms with Gasteiger partial charge >= 0.3 is 0 Å². The number of ether oxygens (including phenoxy) is 1. The van der Waals surface area contributed by atoms with Crippen LogP contribution in [0.15, 0.2) is 29.3 Å². The van der Waals surface area contributed by atoms with Crippen molar-refractivity contribution in [3.63, 3.8) is 0 Å². The second-order valence-corrected chi connectivity index (χ2v) is 7.48. The molecule has 4 rings (SSSR count). The Morgan fingerprint density at radius 2 is 2.27 bits per heavy atom. The van der Waals surface area contributed by atoms with Crippen LogP contribution in [0.25, 0.3) is 0 Å². The number of rotatable bonds is 4. The van der Waals surface area contributed by atoms with Gasteiger partial charge in [0.1, 0.15) is 15.7 Å². The molecule has 8 heteroatoms. The van der Waals surface area contributed by atoms with Crippen LogP contribution in [-0.2, 0) is 11.3 Å². The number of aliphatic hydroxyl groups excluding tert-OH is 1. The number of benzene rings is 1. The van der Waals surface area contributed by atoms with Gasteiger partial charge in [-0.2, -0.15) is 0 Å². The number of aliphatic imine (C=N–C) groups is 1. The van der Waals surface area contributed by atoms with E-state index in [9.17, 15) is 5.11 Å². The van der Waals surface area contributed by atoms with E-state index in [2.05, 4.69) is 20.5 Å². The van der Waals surface area contributed by atoms with Crippen LogP contribution in [0.4, 0.5) is 16.4 Å². The fourth-order valence-corrected chi connectivity index (χ4v) is 4.16. The van der Waals surface area contributed by atoms with Gasteiger partial charge in [-0.3, -0.25) is 0 Å². The molecule has 138 valence electrons. The fourth-order valence-electron chi connectivity index (χ4n) is 3.33. The van der Waals surface area contributed by atoms with E-state index in [1.807, 2.05) is 24.3 Å². The van der Waals surface area contributed by atoms with Gasteiger partial charge in [-0.25, -0.2) is 9.98 Å². The third kappa shape index (κ3) is 3.45. The van der Waals surface area contributed by atoms with E-state index >= 15 is 0 Å². The minimum absolute atomic E-state index is 0.0632. The molecule has 7 nitrogen and oxygen atoms in total. The minimum atomic E-state index is -0.0632. The highest BCUT2D eigenvalue weighted by molar-refractivity contribution is 7.16. The van der Waals surface area contributed by atoms with Gasteiger partial charge in [-0.15, -0.1) is 0 Å². The number of fused-ring (bicyclic) bond motifs is 2. The first-order valence-corrected chi connectivity index (χ1v) is 9.63. The maximum Gasteiger partial charge on any atom is 0.158 e. The van der Waals surface area contributed by atoms with Crippen LogP contribution in [0.5, 0.6) is 0 Å². The summed E-state index contributed by atoms with van der Waals surface area (Å²) in [7, 11) is 1.73. The molecule has 3 N–H and O–H groups in total. The molecule has 2 aromatic rings. The van der Waals surface area contributed by atoms with Crippen LogP contribution in [0, 0.1) is 0 Å². The zero-order valence-corrected chi connectivity index (χ0v) is 15.6. The number of aromatic nitrogens is 1. The molecule has 1 unspecified atom stereocenters. The van der Waals surface area contributed by atoms with Crippen molar-refractivity contribution in [2.75, 3.05) is 38.7 Å². The average Bonchev–Trinajstić information content (AvgIpc) is 3.01. The Labute approximate surface area is 156 Å². The normalized spacial score (nSPS) is 19.2. The number of nitrogens with one attached hydrogen (secondary N) is 2. The van der Waals surface area contributed by atoms with Crippen molar-refractivity contribution < 1.29 is 9.84 Å². The average molecular weight is 373 g/mol. The molecule has 1 saturated heterocycles. The van der Waals surface area contributed by atoms with Crippen LogP contribution in [-0.4, -0.2) is 60.2 Å². The van der Waals surface area contributed by atoms with Crippen molar-refractivity contribution in [1.82, 2.24) is 15.2 Å². The number of nitrogens with zero attached hydrogens (tertiary/aromatic N) is 3. The summed E-state index contributed by atoms with van der Waals surface area (Å²) in [6.45, 7) is 3.30. The van der Waals surface area contributed by atoms with Crippen LogP contribution in [0.3, 0.4) is 0 Å². The molecule has 2 aliphatic rings. The molecule has 26 heavy (non-hydrogen) atoms. The van der Waals surface area contributed by atoms with E-state index in [4.69, 9.17) is 9.73 Å². The summed E-state index contributed by atoms with van der Waals surface area (Å²) in [5.74, 6) is 0.873. The molecule has 0 spiro atoms. The Morgan fingerprint density at radius 3 is 3.12 bits per heavy atom. The summed E-state index contributed by atoms with van der Waals surface area (Å²) in [6.07, 6.45) is 0.959. The topological polar surface area (TPSA) is 82.0 Å². The largest absolute Gasteiger partial charge is 0.389 e. The third-order valence-corrected chi connectivity index (χ3v) is 5.58. The zero-order chi connectivity index (χ0) is 17.9. The number of aliphatic hydroxyl groups is 1. The van der Waals surface area contributed by atoms with Gasteiger partial charge in [0.2, 0.25) is 0 Å². The Morgan fingerprint density at radius 1 is 1.38 bits per heavy atom. The van der Waals surface area contributed by atoms with Crippen LogP contribution in [0.1, 0.15) is 17.1 Å². The molecule has 1 aromatic carbocycles. The van der Waals surface area contributed by atoms with E-state index in [1.54, 1.807) is 7.11 Å². The number of anilines is 2. The molecule has 0 bridgehead atoms. The number of hydrogen-bond acceptors (Lipinski definition) is 8. The Kier molecular flexibility index (Phi) is 5.16. The summed E-state index contributed by atoms with van der Waals surface area (Å²) in [5, 5.41) is 18.1. The van der Waals surface area contributed by atoms with Crippen LogP contribution < -0.4 is 10.6 Å². The molecule has 3 heterocycles. The van der Waals surface area contributed by atoms with Gasteiger partial charge in [0.25, 0.3) is 0 Å². The molecule has 2 aliphatic heterocycles. The van der Waals surface area contributed by atoms with Gasteiger partial charge in [-0.05, 0) is 18.6 Å². The number of piperazine rings is 1. The first-order valence-electron chi connectivity index (χ1n) is 8.81. The van der Waals surface area contributed by atoms with Gasteiger partial charge < -0.3 is 25.4 Å². The lowest BCUT2D eigenvalue weighted by Crippen LogP contribution is -2.53. The fraction of sp³-hybridized carbons (Fsp3) is 0.444. The smallest absolute Gasteiger partial charge is 0.158 e. The maximum absolute atomic E-state index is 9.53.